The van der Waals surface area contributed by atoms with E-state index in [4.69, 9.17) is 4.74 Å². The number of methoxy groups -OCH3 is 1. The molecule has 5 nitrogen and oxygen atoms in total. The molecule has 0 aliphatic carbocycles. The molecule has 0 aromatic heterocycles. The molecule has 0 atom stereocenters. The number of hydrazine groups is 1. The molecule has 2 N–H and O–H groups in total. The molecule has 0 radical (unpaired) electrons. The zero-order valence-corrected chi connectivity index (χ0v) is 9.88. The summed E-state index contributed by atoms with van der Waals surface area (Å²) in [5.74, 6) is 0.807. The summed E-state index contributed by atoms with van der Waals surface area (Å²) in [6, 6.07) is 14.4. The zero-order chi connectivity index (χ0) is 12.8. The van der Waals surface area contributed by atoms with Crippen LogP contribution in [0.2, 0.25) is 0 Å². The quantitative estimate of drug-likeness (QED) is 0.623. The van der Waals surface area contributed by atoms with Gasteiger partial charge in [-0.3, -0.25) is 0 Å². The highest BCUT2D eigenvalue weighted by Gasteiger charge is 1.95. The molecule has 2 rings (SSSR count). The van der Waals surface area contributed by atoms with Crippen LogP contribution in [-0.4, -0.2) is 7.11 Å². The van der Waals surface area contributed by atoms with Crippen LogP contribution in [0.4, 0.5) is 17.1 Å². The fourth-order valence-corrected chi connectivity index (χ4v) is 1.42. The number of anilines is 2. The average molecular weight is 243 g/mol. The van der Waals surface area contributed by atoms with Gasteiger partial charge in [-0.1, -0.05) is 0 Å². The van der Waals surface area contributed by atoms with Crippen molar-refractivity contribution in [1.82, 2.24) is 0 Å². The van der Waals surface area contributed by atoms with Crippen LogP contribution in [0.25, 0.3) is 0 Å². The lowest BCUT2D eigenvalue weighted by Gasteiger charge is -2.10. The number of nitroso groups, excluding NO2 is 1. The summed E-state index contributed by atoms with van der Waals surface area (Å²) in [6.07, 6.45) is 0. The molecule has 0 spiro atoms. The maximum atomic E-state index is 10.3. The number of hydrogen-bond acceptors (Lipinski definition) is 5. The molecule has 92 valence electrons. The van der Waals surface area contributed by atoms with Crippen LogP contribution < -0.4 is 15.6 Å². The fourth-order valence-electron chi connectivity index (χ4n) is 1.42. The Kier molecular flexibility index (Phi) is 3.76. The molecule has 2 aromatic carbocycles. The van der Waals surface area contributed by atoms with Crippen molar-refractivity contribution in [2.45, 2.75) is 0 Å². The highest BCUT2D eigenvalue weighted by Crippen LogP contribution is 2.18. The molecular formula is C13H13N3O2. The maximum Gasteiger partial charge on any atom is 0.119 e. The first kappa shape index (κ1) is 11.9. The summed E-state index contributed by atoms with van der Waals surface area (Å²) in [6.45, 7) is 0. The lowest BCUT2D eigenvalue weighted by Crippen LogP contribution is -2.07. The van der Waals surface area contributed by atoms with E-state index in [1.807, 2.05) is 24.3 Å². The molecule has 5 heteroatoms. The van der Waals surface area contributed by atoms with Crippen molar-refractivity contribution in [3.05, 3.63) is 53.4 Å². The van der Waals surface area contributed by atoms with Crippen LogP contribution in [0.3, 0.4) is 0 Å². The van der Waals surface area contributed by atoms with Crippen LogP contribution in [-0.2, 0) is 0 Å². The monoisotopic (exact) mass is 243 g/mol. The number of benzene rings is 2. The molecule has 2 aromatic rings. The maximum absolute atomic E-state index is 10.3. The molecule has 0 saturated heterocycles. The number of ether oxygens (including phenoxy) is 1. The van der Waals surface area contributed by atoms with Crippen molar-refractivity contribution in [3.8, 4) is 5.75 Å². The summed E-state index contributed by atoms with van der Waals surface area (Å²) < 4.78 is 5.07. The fraction of sp³-hybridized carbons (Fsp3) is 0.0769. The molecule has 0 fully saturated rings. The van der Waals surface area contributed by atoms with E-state index in [0.717, 1.165) is 17.1 Å². The Hall–Kier alpha value is -2.56. The molecule has 0 heterocycles. The van der Waals surface area contributed by atoms with Crippen molar-refractivity contribution in [3.63, 3.8) is 0 Å². The second-order valence-corrected chi connectivity index (χ2v) is 3.62. The second-order valence-electron chi connectivity index (χ2n) is 3.62. The Balaban J connectivity index is 1.95. The first-order valence-corrected chi connectivity index (χ1v) is 5.41. The topological polar surface area (TPSA) is 62.7 Å². The SMILES string of the molecule is COc1ccc(NNc2ccc(N=O)cc2)cc1. The van der Waals surface area contributed by atoms with Gasteiger partial charge in [0.1, 0.15) is 11.4 Å². The van der Waals surface area contributed by atoms with Gasteiger partial charge in [0, 0.05) is 0 Å². The minimum absolute atomic E-state index is 0.407. The van der Waals surface area contributed by atoms with Gasteiger partial charge in [-0.05, 0) is 53.7 Å². The van der Waals surface area contributed by atoms with E-state index in [2.05, 4.69) is 16.0 Å². The van der Waals surface area contributed by atoms with E-state index in [9.17, 15) is 4.91 Å². The van der Waals surface area contributed by atoms with Crippen LogP contribution in [0.1, 0.15) is 0 Å². The molecule has 18 heavy (non-hydrogen) atoms. The van der Waals surface area contributed by atoms with E-state index in [1.165, 1.54) is 0 Å². The highest BCUT2D eigenvalue weighted by molar-refractivity contribution is 5.56. The molecule has 0 aliphatic rings. The van der Waals surface area contributed by atoms with Gasteiger partial charge < -0.3 is 15.6 Å². The second kappa shape index (κ2) is 5.67. The molecule has 0 aliphatic heterocycles. The van der Waals surface area contributed by atoms with E-state index in [0.29, 0.717) is 5.69 Å². The number of hydrogen-bond donors (Lipinski definition) is 2. The smallest absolute Gasteiger partial charge is 0.119 e. The minimum atomic E-state index is 0.407. The number of nitrogens with one attached hydrogen (secondary N) is 2. The van der Waals surface area contributed by atoms with Gasteiger partial charge in [0.2, 0.25) is 0 Å². The summed E-state index contributed by atoms with van der Waals surface area (Å²) in [5, 5.41) is 2.84. The van der Waals surface area contributed by atoms with Gasteiger partial charge in [-0.2, -0.15) is 0 Å². The van der Waals surface area contributed by atoms with Gasteiger partial charge in [0.25, 0.3) is 0 Å². The predicted molar refractivity (Wildman–Crippen MR) is 72.1 cm³/mol. The van der Waals surface area contributed by atoms with Crippen LogP contribution in [0, 0.1) is 4.91 Å². The van der Waals surface area contributed by atoms with Crippen molar-refractivity contribution >= 4 is 17.1 Å². The van der Waals surface area contributed by atoms with E-state index in [1.54, 1.807) is 31.4 Å². The lowest BCUT2D eigenvalue weighted by molar-refractivity contribution is 0.415. The van der Waals surface area contributed by atoms with Gasteiger partial charge in [0.15, 0.2) is 0 Å². The third kappa shape index (κ3) is 2.98. The molecule has 0 amide bonds. The lowest BCUT2D eigenvalue weighted by atomic mass is 10.3. The van der Waals surface area contributed by atoms with Crippen LogP contribution in [0.15, 0.2) is 53.7 Å². The zero-order valence-electron chi connectivity index (χ0n) is 9.88. The third-order valence-corrected chi connectivity index (χ3v) is 2.41. The Labute approximate surface area is 105 Å². The standard InChI is InChI=1S/C13H13N3O2/c1-18-13-8-6-11(7-9-13)15-14-10-2-4-12(16-17)5-3-10/h2-9,14-15H,1H3. The molecule has 0 unspecified atom stereocenters. The van der Waals surface area contributed by atoms with Crippen LogP contribution >= 0.6 is 0 Å². The summed E-state index contributed by atoms with van der Waals surface area (Å²) >= 11 is 0. The summed E-state index contributed by atoms with van der Waals surface area (Å²) in [4.78, 5) is 10.3. The first-order valence-electron chi connectivity index (χ1n) is 5.41. The van der Waals surface area contributed by atoms with Gasteiger partial charge in [-0.25, -0.2) is 0 Å². The van der Waals surface area contributed by atoms with E-state index < -0.39 is 0 Å². The van der Waals surface area contributed by atoms with Gasteiger partial charge in [-0.15, -0.1) is 4.91 Å². The highest BCUT2D eigenvalue weighted by atomic mass is 16.5. The molecular weight excluding hydrogens is 230 g/mol. The predicted octanol–water partition coefficient (Wildman–Crippen LogP) is 3.53. The van der Waals surface area contributed by atoms with Gasteiger partial charge in [0.05, 0.1) is 18.5 Å². The number of nitrogens with zero attached hydrogens (tertiary/aromatic N) is 1. The Bertz CT molecular complexity index is 509. The van der Waals surface area contributed by atoms with Crippen molar-refractivity contribution in [1.29, 1.82) is 0 Å². The first-order chi connectivity index (χ1) is 8.81. The van der Waals surface area contributed by atoms with Crippen molar-refractivity contribution in [2.24, 2.45) is 5.18 Å². The number of rotatable bonds is 5. The van der Waals surface area contributed by atoms with Gasteiger partial charge >= 0.3 is 0 Å². The Morgan fingerprint density at radius 3 is 1.83 bits per heavy atom. The Morgan fingerprint density at radius 1 is 0.889 bits per heavy atom. The average Bonchev–Trinajstić information content (AvgIpc) is 2.46. The Morgan fingerprint density at radius 2 is 1.39 bits per heavy atom. The van der Waals surface area contributed by atoms with Crippen molar-refractivity contribution in [2.75, 3.05) is 18.0 Å². The summed E-state index contributed by atoms with van der Waals surface area (Å²) in [5.41, 5.74) is 8.21. The normalized spacial score (nSPS) is 9.61. The van der Waals surface area contributed by atoms with E-state index >= 15 is 0 Å². The largest absolute Gasteiger partial charge is 0.497 e. The minimum Gasteiger partial charge on any atom is -0.497 e. The molecule has 0 saturated carbocycles. The third-order valence-electron chi connectivity index (χ3n) is 2.41. The van der Waals surface area contributed by atoms with E-state index in [-0.39, 0.29) is 0 Å². The van der Waals surface area contributed by atoms with Crippen LogP contribution in [0.5, 0.6) is 5.75 Å². The van der Waals surface area contributed by atoms with Crippen molar-refractivity contribution < 1.29 is 4.74 Å². The summed E-state index contributed by atoms with van der Waals surface area (Å²) in [7, 11) is 1.63. The molecule has 0 bridgehead atoms.